The summed E-state index contributed by atoms with van der Waals surface area (Å²) in [6.07, 6.45) is 4.53. The average Bonchev–Trinajstić information content (AvgIpc) is 2.13. The van der Waals surface area contributed by atoms with Crippen LogP contribution >= 0.6 is 0 Å². The molecule has 0 heterocycles. The van der Waals surface area contributed by atoms with Gasteiger partial charge in [0.2, 0.25) is 0 Å². The van der Waals surface area contributed by atoms with Gasteiger partial charge < -0.3 is 9.47 Å². The van der Waals surface area contributed by atoms with Crippen LogP contribution in [0.1, 0.15) is 39.0 Å². The van der Waals surface area contributed by atoms with Crippen molar-refractivity contribution in [3.63, 3.8) is 0 Å². The van der Waals surface area contributed by atoms with Crippen LogP contribution in [0.5, 0.6) is 0 Å². The summed E-state index contributed by atoms with van der Waals surface area (Å²) in [7, 11) is 1.64. The number of carbonyl (C=O) groups excluding carboxylic acids is 1. The fraction of sp³-hybridized carbons (Fsp3) is 0.900. The summed E-state index contributed by atoms with van der Waals surface area (Å²) in [5.41, 5.74) is 0. The molecule has 0 unspecified atom stereocenters. The molecule has 0 aromatic carbocycles. The Labute approximate surface area is 80.4 Å². The average molecular weight is 188 g/mol. The number of ether oxygens (including phenoxy) is 2. The molecule has 0 aliphatic heterocycles. The first-order chi connectivity index (χ1) is 6.31. The van der Waals surface area contributed by atoms with E-state index in [1.54, 1.807) is 7.11 Å². The summed E-state index contributed by atoms with van der Waals surface area (Å²) in [6.45, 7) is 3.25. The van der Waals surface area contributed by atoms with Crippen molar-refractivity contribution in [1.29, 1.82) is 0 Å². The van der Waals surface area contributed by atoms with Crippen molar-refractivity contribution in [2.45, 2.75) is 39.0 Å². The summed E-state index contributed by atoms with van der Waals surface area (Å²) in [5.74, 6) is -0.0791. The van der Waals surface area contributed by atoms with E-state index in [2.05, 4.69) is 6.92 Å². The highest BCUT2D eigenvalue weighted by Gasteiger charge is 2.00. The van der Waals surface area contributed by atoms with Gasteiger partial charge in [-0.25, -0.2) is 0 Å². The Bertz CT molecular complexity index is 123. The van der Waals surface area contributed by atoms with Crippen LogP contribution in [0.3, 0.4) is 0 Å². The van der Waals surface area contributed by atoms with Gasteiger partial charge in [-0.2, -0.15) is 0 Å². The molecule has 0 atom stereocenters. The first-order valence-electron chi connectivity index (χ1n) is 4.95. The quantitative estimate of drug-likeness (QED) is 0.432. The van der Waals surface area contributed by atoms with E-state index in [0.717, 1.165) is 25.7 Å². The molecule has 0 amide bonds. The van der Waals surface area contributed by atoms with Gasteiger partial charge in [0.15, 0.2) is 0 Å². The zero-order valence-electron chi connectivity index (χ0n) is 8.67. The van der Waals surface area contributed by atoms with Crippen LogP contribution in [0, 0.1) is 0 Å². The monoisotopic (exact) mass is 188 g/mol. The number of rotatable bonds is 8. The summed E-state index contributed by atoms with van der Waals surface area (Å²) >= 11 is 0. The molecular weight excluding hydrogens is 168 g/mol. The predicted octanol–water partition coefficient (Wildman–Crippen LogP) is 2.15. The maximum Gasteiger partial charge on any atom is 0.305 e. The first kappa shape index (κ1) is 12.4. The standard InChI is InChI=1S/C10H20O3/c1-3-4-5-7-10(11)13-9-6-8-12-2/h3-9H2,1-2H3. The van der Waals surface area contributed by atoms with Crippen LogP contribution in [0.25, 0.3) is 0 Å². The second-order valence-corrected chi connectivity index (χ2v) is 3.02. The lowest BCUT2D eigenvalue weighted by molar-refractivity contribution is -0.144. The van der Waals surface area contributed by atoms with Crippen LogP contribution in [0.15, 0.2) is 0 Å². The van der Waals surface area contributed by atoms with Crippen LogP contribution in [-0.2, 0) is 14.3 Å². The molecule has 0 saturated carbocycles. The van der Waals surface area contributed by atoms with E-state index in [0.29, 0.717) is 19.6 Å². The van der Waals surface area contributed by atoms with Crippen molar-refractivity contribution < 1.29 is 14.3 Å². The van der Waals surface area contributed by atoms with Gasteiger partial charge in [0.05, 0.1) is 6.61 Å². The third-order valence-electron chi connectivity index (χ3n) is 1.74. The van der Waals surface area contributed by atoms with Gasteiger partial charge in [0.1, 0.15) is 0 Å². The first-order valence-corrected chi connectivity index (χ1v) is 4.95. The van der Waals surface area contributed by atoms with E-state index < -0.39 is 0 Å². The predicted molar refractivity (Wildman–Crippen MR) is 51.6 cm³/mol. The highest BCUT2D eigenvalue weighted by Crippen LogP contribution is 2.00. The topological polar surface area (TPSA) is 35.5 Å². The van der Waals surface area contributed by atoms with Gasteiger partial charge in [-0.3, -0.25) is 4.79 Å². The number of hydrogen-bond acceptors (Lipinski definition) is 3. The highest BCUT2D eigenvalue weighted by atomic mass is 16.5. The Hall–Kier alpha value is -0.570. The molecule has 0 N–H and O–H groups in total. The van der Waals surface area contributed by atoms with Crippen LogP contribution in [0.4, 0.5) is 0 Å². The molecule has 0 spiro atoms. The summed E-state index contributed by atoms with van der Waals surface area (Å²) < 4.78 is 9.80. The van der Waals surface area contributed by atoms with E-state index in [4.69, 9.17) is 9.47 Å². The Morgan fingerprint density at radius 1 is 1.15 bits per heavy atom. The molecule has 13 heavy (non-hydrogen) atoms. The molecule has 3 heteroatoms. The second-order valence-electron chi connectivity index (χ2n) is 3.02. The van der Waals surface area contributed by atoms with Crippen LogP contribution in [0.2, 0.25) is 0 Å². The zero-order valence-corrected chi connectivity index (χ0v) is 8.67. The largest absolute Gasteiger partial charge is 0.466 e. The zero-order chi connectivity index (χ0) is 9.94. The summed E-state index contributed by atoms with van der Waals surface area (Å²) in [4.78, 5) is 11.0. The summed E-state index contributed by atoms with van der Waals surface area (Å²) in [6, 6.07) is 0. The van der Waals surface area contributed by atoms with Crippen molar-refractivity contribution in [3.05, 3.63) is 0 Å². The Morgan fingerprint density at radius 3 is 2.54 bits per heavy atom. The van der Waals surface area contributed by atoms with Crippen molar-refractivity contribution in [2.24, 2.45) is 0 Å². The van der Waals surface area contributed by atoms with E-state index in [-0.39, 0.29) is 5.97 Å². The lowest BCUT2D eigenvalue weighted by Gasteiger charge is -2.03. The van der Waals surface area contributed by atoms with Crippen molar-refractivity contribution in [3.8, 4) is 0 Å². The van der Waals surface area contributed by atoms with Gasteiger partial charge >= 0.3 is 5.97 Å². The Balaban J connectivity index is 3.11. The molecule has 0 rings (SSSR count). The fourth-order valence-electron chi connectivity index (χ4n) is 0.981. The van der Waals surface area contributed by atoms with E-state index >= 15 is 0 Å². The van der Waals surface area contributed by atoms with Crippen molar-refractivity contribution >= 4 is 5.97 Å². The molecular formula is C10H20O3. The van der Waals surface area contributed by atoms with Crippen molar-refractivity contribution in [2.75, 3.05) is 20.3 Å². The lowest BCUT2D eigenvalue weighted by atomic mass is 10.2. The van der Waals surface area contributed by atoms with Gasteiger partial charge in [0, 0.05) is 26.6 Å². The van der Waals surface area contributed by atoms with E-state index in [9.17, 15) is 4.79 Å². The maximum absolute atomic E-state index is 11.0. The van der Waals surface area contributed by atoms with E-state index in [1.807, 2.05) is 0 Å². The second kappa shape index (κ2) is 9.52. The Morgan fingerprint density at radius 2 is 1.92 bits per heavy atom. The van der Waals surface area contributed by atoms with Crippen molar-refractivity contribution in [1.82, 2.24) is 0 Å². The molecule has 0 saturated heterocycles. The molecule has 78 valence electrons. The molecule has 0 aliphatic rings. The highest BCUT2D eigenvalue weighted by molar-refractivity contribution is 5.69. The molecule has 0 radical (unpaired) electrons. The van der Waals surface area contributed by atoms with Crippen LogP contribution in [-0.4, -0.2) is 26.3 Å². The number of hydrogen-bond donors (Lipinski definition) is 0. The van der Waals surface area contributed by atoms with Gasteiger partial charge in [-0.05, 0) is 6.42 Å². The maximum atomic E-state index is 11.0. The molecule has 0 fully saturated rings. The van der Waals surface area contributed by atoms with Crippen LogP contribution < -0.4 is 0 Å². The summed E-state index contributed by atoms with van der Waals surface area (Å²) in [5, 5.41) is 0. The normalized spacial score (nSPS) is 10.0. The molecule has 0 bridgehead atoms. The number of esters is 1. The van der Waals surface area contributed by atoms with Gasteiger partial charge in [0.25, 0.3) is 0 Å². The number of carbonyl (C=O) groups is 1. The SMILES string of the molecule is CCCCCC(=O)OCCCOC. The minimum Gasteiger partial charge on any atom is -0.466 e. The molecule has 0 aliphatic carbocycles. The number of unbranched alkanes of at least 4 members (excludes halogenated alkanes) is 2. The third kappa shape index (κ3) is 9.34. The minimum absolute atomic E-state index is 0.0791. The number of methoxy groups -OCH3 is 1. The van der Waals surface area contributed by atoms with E-state index in [1.165, 1.54) is 0 Å². The van der Waals surface area contributed by atoms with Gasteiger partial charge in [-0.1, -0.05) is 19.8 Å². The molecule has 0 aromatic rings. The fourth-order valence-corrected chi connectivity index (χ4v) is 0.981. The van der Waals surface area contributed by atoms with Gasteiger partial charge in [-0.15, -0.1) is 0 Å². The third-order valence-corrected chi connectivity index (χ3v) is 1.74. The minimum atomic E-state index is -0.0791. The molecule has 3 nitrogen and oxygen atoms in total. The smallest absolute Gasteiger partial charge is 0.305 e. The molecule has 0 aromatic heterocycles. The lowest BCUT2D eigenvalue weighted by Crippen LogP contribution is -2.07. The Kier molecular flexibility index (Phi) is 9.10.